The van der Waals surface area contributed by atoms with E-state index in [0.717, 1.165) is 11.9 Å². The van der Waals surface area contributed by atoms with Gasteiger partial charge in [-0.25, -0.2) is 23.2 Å². The van der Waals surface area contributed by atoms with Crippen molar-refractivity contribution in [3.8, 4) is 5.69 Å². The minimum absolute atomic E-state index is 0.0288. The Balaban J connectivity index is 1.59. The minimum atomic E-state index is -3.17. The number of benzene rings is 1. The summed E-state index contributed by atoms with van der Waals surface area (Å²) >= 11 is 0. The molecule has 0 saturated heterocycles. The van der Waals surface area contributed by atoms with Gasteiger partial charge in [0, 0.05) is 30.7 Å². The standard InChI is InChI=1S/C25H30F2N8O3/c1-24(2,3)38-23(37)32-18-9-5-10-25(26,27)19(18)33-22-29-14-17(20(28)36)21(34-22)31-15-7-4-8-16(13-15)35-12-6-11-30-35/h4,6-8,11-14,18-19H,5,9-10H2,1-3H3,(H2,28,36)(H,32,37)(H2,29,31,33,34)/t18-,19-/m0/s1. The van der Waals surface area contributed by atoms with Crippen LogP contribution in [-0.2, 0) is 4.74 Å². The first-order chi connectivity index (χ1) is 17.9. The van der Waals surface area contributed by atoms with Gasteiger partial charge < -0.3 is 26.4 Å². The number of aromatic nitrogens is 4. The normalized spacial score (nSPS) is 18.9. The van der Waals surface area contributed by atoms with E-state index in [4.69, 9.17) is 10.5 Å². The highest BCUT2D eigenvalue weighted by atomic mass is 19.3. The van der Waals surface area contributed by atoms with Gasteiger partial charge in [-0.2, -0.15) is 10.1 Å². The van der Waals surface area contributed by atoms with Crippen LogP contribution in [-0.4, -0.2) is 55.4 Å². The van der Waals surface area contributed by atoms with E-state index in [1.807, 2.05) is 6.07 Å². The number of ether oxygens (including phenoxy) is 1. The van der Waals surface area contributed by atoms with Crippen molar-refractivity contribution in [3.63, 3.8) is 0 Å². The molecule has 5 N–H and O–H groups in total. The summed E-state index contributed by atoms with van der Waals surface area (Å²) in [5.74, 6) is -4.10. The first-order valence-electron chi connectivity index (χ1n) is 12.1. The van der Waals surface area contributed by atoms with Crippen molar-refractivity contribution in [1.82, 2.24) is 25.1 Å². The number of carbonyl (C=O) groups is 2. The molecule has 202 valence electrons. The molecular weight excluding hydrogens is 498 g/mol. The molecule has 1 saturated carbocycles. The van der Waals surface area contributed by atoms with Gasteiger partial charge >= 0.3 is 6.09 Å². The van der Waals surface area contributed by atoms with E-state index in [2.05, 4.69) is 31.0 Å². The molecule has 0 bridgehead atoms. The summed E-state index contributed by atoms with van der Waals surface area (Å²) in [5.41, 5.74) is 5.99. The summed E-state index contributed by atoms with van der Waals surface area (Å²) < 4.78 is 36.9. The number of hydrogen-bond acceptors (Lipinski definition) is 8. The van der Waals surface area contributed by atoms with Gasteiger partial charge in [-0.3, -0.25) is 4.79 Å². The molecule has 2 atom stereocenters. The number of nitrogens with one attached hydrogen (secondary N) is 3. The molecule has 4 rings (SSSR count). The van der Waals surface area contributed by atoms with Crippen molar-refractivity contribution >= 4 is 29.5 Å². The molecule has 1 aliphatic rings. The molecule has 38 heavy (non-hydrogen) atoms. The van der Waals surface area contributed by atoms with Gasteiger partial charge in [0.25, 0.3) is 11.8 Å². The largest absolute Gasteiger partial charge is 0.444 e. The summed E-state index contributed by atoms with van der Waals surface area (Å²) in [4.78, 5) is 32.7. The fraction of sp³-hybridized carbons (Fsp3) is 0.400. The number of nitrogens with two attached hydrogens (primary N) is 1. The molecular formula is C25H30F2N8O3. The van der Waals surface area contributed by atoms with Crippen molar-refractivity contribution in [2.24, 2.45) is 5.73 Å². The molecule has 3 aromatic rings. The number of hydrogen-bond donors (Lipinski definition) is 4. The molecule has 0 unspecified atom stereocenters. The monoisotopic (exact) mass is 528 g/mol. The number of alkyl carbamates (subject to hydrolysis) is 1. The first-order valence-corrected chi connectivity index (χ1v) is 12.1. The van der Waals surface area contributed by atoms with Gasteiger partial charge in [0.05, 0.1) is 11.7 Å². The highest BCUT2D eigenvalue weighted by Crippen LogP contribution is 2.36. The highest BCUT2D eigenvalue weighted by Gasteiger charge is 2.48. The molecule has 2 heterocycles. The Labute approximate surface area is 218 Å². The average Bonchev–Trinajstić information content (AvgIpc) is 3.35. The Hall–Kier alpha value is -4.29. The van der Waals surface area contributed by atoms with Crippen LogP contribution in [0.2, 0.25) is 0 Å². The van der Waals surface area contributed by atoms with Crippen molar-refractivity contribution in [3.05, 3.63) is 54.5 Å². The SMILES string of the molecule is CC(C)(C)OC(=O)N[C@H]1CCCC(F)(F)[C@H]1Nc1ncc(C(N)=O)c(Nc2cccc(-n3cccn3)c2)n1. The van der Waals surface area contributed by atoms with Crippen LogP contribution < -0.4 is 21.7 Å². The maximum Gasteiger partial charge on any atom is 0.407 e. The van der Waals surface area contributed by atoms with E-state index >= 15 is 8.78 Å². The van der Waals surface area contributed by atoms with Gasteiger partial charge in [0.15, 0.2) is 0 Å². The topological polar surface area (TPSA) is 149 Å². The molecule has 2 amide bonds. The van der Waals surface area contributed by atoms with Crippen LogP contribution in [0.4, 0.5) is 31.0 Å². The molecule has 1 aromatic carbocycles. The smallest absolute Gasteiger partial charge is 0.407 e. The summed E-state index contributed by atoms with van der Waals surface area (Å²) in [7, 11) is 0. The van der Waals surface area contributed by atoms with Gasteiger partial charge in [-0.15, -0.1) is 0 Å². The van der Waals surface area contributed by atoms with Crippen LogP contribution in [0.1, 0.15) is 50.4 Å². The Morgan fingerprint density at radius 1 is 1.24 bits per heavy atom. The summed E-state index contributed by atoms with van der Waals surface area (Å²) in [6.45, 7) is 5.06. The number of nitrogens with zero attached hydrogens (tertiary/aromatic N) is 4. The minimum Gasteiger partial charge on any atom is -0.444 e. The molecule has 0 spiro atoms. The van der Waals surface area contributed by atoms with Crippen LogP contribution in [0.25, 0.3) is 5.69 Å². The lowest BCUT2D eigenvalue weighted by atomic mass is 9.87. The fourth-order valence-corrected chi connectivity index (χ4v) is 4.15. The van der Waals surface area contributed by atoms with Crippen molar-refractivity contribution < 1.29 is 23.1 Å². The van der Waals surface area contributed by atoms with E-state index in [1.165, 1.54) is 0 Å². The molecule has 2 aromatic heterocycles. The zero-order valence-electron chi connectivity index (χ0n) is 21.2. The van der Waals surface area contributed by atoms with Crippen molar-refractivity contribution in [2.75, 3.05) is 10.6 Å². The lowest BCUT2D eigenvalue weighted by molar-refractivity contribution is -0.0564. The third-order valence-electron chi connectivity index (χ3n) is 5.80. The van der Waals surface area contributed by atoms with E-state index in [9.17, 15) is 9.59 Å². The van der Waals surface area contributed by atoms with Crippen LogP contribution in [0.15, 0.2) is 48.9 Å². The maximum atomic E-state index is 15.0. The number of anilines is 3. The molecule has 1 fully saturated rings. The third-order valence-corrected chi connectivity index (χ3v) is 5.80. The van der Waals surface area contributed by atoms with Gasteiger partial charge in [0.1, 0.15) is 23.0 Å². The lowest BCUT2D eigenvalue weighted by Gasteiger charge is -2.38. The second-order valence-corrected chi connectivity index (χ2v) is 9.97. The lowest BCUT2D eigenvalue weighted by Crippen LogP contribution is -2.58. The highest BCUT2D eigenvalue weighted by molar-refractivity contribution is 5.98. The van der Waals surface area contributed by atoms with Crippen LogP contribution in [0, 0.1) is 0 Å². The quantitative estimate of drug-likeness (QED) is 0.360. The zero-order chi connectivity index (χ0) is 27.5. The van der Waals surface area contributed by atoms with Gasteiger partial charge in [-0.1, -0.05) is 6.07 Å². The zero-order valence-corrected chi connectivity index (χ0v) is 21.2. The Morgan fingerprint density at radius 2 is 2.03 bits per heavy atom. The summed E-state index contributed by atoms with van der Waals surface area (Å²) in [6, 6.07) is 6.43. The first kappa shape index (κ1) is 26.8. The fourth-order valence-electron chi connectivity index (χ4n) is 4.15. The predicted molar refractivity (Wildman–Crippen MR) is 137 cm³/mol. The number of primary amides is 1. The van der Waals surface area contributed by atoms with E-state index in [1.54, 1.807) is 62.1 Å². The Morgan fingerprint density at radius 3 is 2.71 bits per heavy atom. The summed E-state index contributed by atoms with van der Waals surface area (Å²) in [6.07, 6.45) is 3.92. The van der Waals surface area contributed by atoms with Crippen LogP contribution in [0.5, 0.6) is 0 Å². The van der Waals surface area contributed by atoms with Gasteiger partial charge in [-0.05, 0) is 57.9 Å². The van der Waals surface area contributed by atoms with Crippen molar-refractivity contribution in [1.29, 1.82) is 0 Å². The third kappa shape index (κ3) is 6.52. The number of alkyl halides is 2. The molecule has 0 aliphatic heterocycles. The predicted octanol–water partition coefficient (Wildman–Crippen LogP) is 4.00. The molecule has 1 aliphatic carbocycles. The number of rotatable bonds is 7. The van der Waals surface area contributed by atoms with Gasteiger partial charge in [0.2, 0.25) is 5.95 Å². The average molecular weight is 529 g/mol. The van der Waals surface area contributed by atoms with E-state index < -0.39 is 35.6 Å². The Bertz CT molecular complexity index is 1290. The molecule has 0 radical (unpaired) electrons. The molecule has 13 heteroatoms. The number of halogens is 2. The second kappa shape index (κ2) is 10.6. The van der Waals surface area contributed by atoms with Crippen molar-refractivity contribution in [2.45, 2.75) is 63.6 Å². The maximum absolute atomic E-state index is 15.0. The van der Waals surface area contributed by atoms with Crippen LogP contribution >= 0.6 is 0 Å². The van der Waals surface area contributed by atoms with Crippen LogP contribution in [0.3, 0.4) is 0 Å². The Kier molecular flexibility index (Phi) is 7.46. The van der Waals surface area contributed by atoms with E-state index in [0.29, 0.717) is 12.1 Å². The summed E-state index contributed by atoms with van der Waals surface area (Å²) in [5, 5.41) is 12.4. The number of carbonyl (C=O) groups excluding carboxylic acids is 2. The second-order valence-electron chi connectivity index (χ2n) is 9.97. The molecule has 11 nitrogen and oxygen atoms in total. The number of amides is 2. The van der Waals surface area contributed by atoms with E-state index in [-0.39, 0.29) is 30.2 Å².